The molecule has 0 radical (unpaired) electrons. The molecule has 6 nitrogen and oxygen atoms in total. The fourth-order valence-electron chi connectivity index (χ4n) is 2.87. The SMILES string of the molecule is CS(=O)(=O)N1C[C@@H]2C[C@@H](C(=O)NCC3CC3)[C@H](C1)O2. The second-order valence-corrected chi connectivity index (χ2v) is 7.89. The van der Waals surface area contributed by atoms with Crippen molar-refractivity contribution >= 4 is 15.9 Å². The Morgan fingerprint density at radius 2 is 2.11 bits per heavy atom. The molecule has 1 N–H and O–H groups in total. The Bertz CT molecular complexity index is 474. The van der Waals surface area contributed by atoms with Gasteiger partial charge >= 0.3 is 0 Å². The lowest BCUT2D eigenvalue weighted by molar-refractivity contribution is -0.127. The van der Waals surface area contributed by atoms with Crippen LogP contribution in [0.2, 0.25) is 0 Å². The Labute approximate surface area is 113 Å². The number of rotatable bonds is 4. The summed E-state index contributed by atoms with van der Waals surface area (Å²) in [5, 5.41) is 2.97. The molecule has 0 aromatic carbocycles. The molecule has 1 amide bonds. The van der Waals surface area contributed by atoms with Gasteiger partial charge in [0.2, 0.25) is 15.9 Å². The molecule has 0 spiro atoms. The average molecular weight is 288 g/mol. The van der Waals surface area contributed by atoms with Crippen molar-refractivity contribution in [1.29, 1.82) is 0 Å². The van der Waals surface area contributed by atoms with Gasteiger partial charge in [-0.05, 0) is 25.2 Å². The van der Waals surface area contributed by atoms with E-state index in [2.05, 4.69) is 5.32 Å². The van der Waals surface area contributed by atoms with Crippen molar-refractivity contribution < 1.29 is 17.9 Å². The zero-order valence-corrected chi connectivity index (χ0v) is 11.9. The summed E-state index contributed by atoms with van der Waals surface area (Å²) in [6.07, 6.45) is 3.83. The molecule has 2 bridgehead atoms. The van der Waals surface area contributed by atoms with Gasteiger partial charge in [-0.1, -0.05) is 0 Å². The van der Waals surface area contributed by atoms with E-state index in [9.17, 15) is 13.2 Å². The number of hydrogen-bond acceptors (Lipinski definition) is 4. The number of nitrogens with one attached hydrogen (secondary N) is 1. The van der Waals surface area contributed by atoms with Crippen LogP contribution in [0.25, 0.3) is 0 Å². The lowest BCUT2D eigenvalue weighted by atomic mass is 9.99. The van der Waals surface area contributed by atoms with Gasteiger partial charge in [0.25, 0.3) is 0 Å². The molecule has 108 valence electrons. The molecule has 3 atom stereocenters. The number of morpholine rings is 1. The third-order valence-electron chi connectivity index (χ3n) is 4.19. The molecule has 7 heteroatoms. The number of carbonyl (C=O) groups is 1. The maximum Gasteiger partial charge on any atom is 0.225 e. The number of carbonyl (C=O) groups excluding carboxylic acids is 1. The topological polar surface area (TPSA) is 75.7 Å². The molecular formula is C12H20N2O4S. The maximum absolute atomic E-state index is 12.1. The van der Waals surface area contributed by atoms with Crippen LogP contribution in [0.5, 0.6) is 0 Å². The second kappa shape index (κ2) is 4.71. The van der Waals surface area contributed by atoms with E-state index in [-0.39, 0.29) is 24.0 Å². The van der Waals surface area contributed by atoms with E-state index in [1.54, 1.807) is 0 Å². The highest BCUT2D eigenvalue weighted by atomic mass is 32.2. The number of hydrogen-bond donors (Lipinski definition) is 1. The highest BCUT2D eigenvalue weighted by molar-refractivity contribution is 7.88. The Morgan fingerprint density at radius 1 is 1.37 bits per heavy atom. The van der Waals surface area contributed by atoms with Gasteiger partial charge in [0.1, 0.15) is 0 Å². The largest absolute Gasteiger partial charge is 0.371 e. The molecule has 3 aliphatic rings. The Balaban J connectivity index is 1.61. The molecule has 3 rings (SSSR count). The van der Waals surface area contributed by atoms with E-state index in [0.29, 0.717) is 25.4 Å². The first-order chi connectivity index (χ1) is 8.93. The van der Waals surface area contributed by atoms with Gasteiger partial charge in [-0.15, -0.1) is 0 Å². The quantitative estimate of drug-likeness (QED) is 0.761. The molecule has 2 saturated heterocycles. The van der Waals surface area contributed by atoms with Crippen molar-refractivity contribution in [2.24, 2.45) is 11.8 Å². The molecule has 1 aliphatic carbocycles. The fourth-order valence-corrected chi connectivity index (χ4v) is 3.72. The lowest BCUT2D eigenvalue weighted by Gasteiger charge is -2.30. The van der Waals surface area contributed by atoms with E-state index in [4.69, 9.17) is 4.74 Å². The number of nitrogens with zero attached hydrogens (tertiary/aromatic N) is 1. The predicted octanol–water partition coefficient (Wildman–Crippen LogP) is -0.438. The van der Waals surface area contributed by atoms with Crippen LogP contribution in [0.4, 0.5) is 0 Å². The van der Waals surface area contributed by atoms with Gasteiger partial charge in [0.05, 0.1) is 24.4 Å². The van der Waals surface area contributed by atoms with Gasteiger partial charge in [0, 0.05) is 19.6 Å². The number of amides is 1. The molecular weight excluding hydrogens is 268 g/mol. The summed E-state index contributed by atoms with van der Waals surface area (Å²) in [6.45, 7) is 1.43. The molecule has 2 aliphatic heterocycles. The summed E-state index contributed by atoms with van der Waals surface area (Å²) in [7, 11) is -3.19. The standard InChI is InChI=1S/C12H20N2O4S/c1-19(16,17)14-6-9-4-10(11(7-14)18-9)12(15)13-5-8-2-3-8/h8-11H,2-7H2,1H3,(H,13,15)/t9-,10+,11-/m0/s1. The maximum atomic E-state index is 12.1. The predicted molar refractivity (Wildman–Crippen MR) is 68.9 cm³/mol. The molecule has 1 saturated carbocycles. The first-order valence-electron chi connectivity index (χ1n) is 6.82. The summed E-state index contributed by atoms with van der Waals surface area (Å²) in [5.41, 5.74) is 0. The van der Waals surface area contributed by atoms with Gasteiger partial charge in [0.15, 0.2) is 0 Å². The summed E-state index contributed by atoms with van der Waals surface area (Å²) in [5.74, 6) is 0.475. The number of sulfonamides is 1. The van der Waals surface area contributed by atoms with Crippen LogP contribution in [0.3, 0.4) is 0 Å². The molecule has 0 aromatic heterocycles. The summed E-state index contributed by atoms with van der Waals surface area (Å²) < 4.78 is 30.3. The minimum Gasteiger partial charge on any atom is -0.371 e. The molecule has 0 aromatic rings. The van der Waals surface area contributed by atoms with Gasteiger partial charge in [-0.25, -0.2) is 8.42 Å². The van der Waals surface area contributed by atoms with Gasteiger partial charge in [-0.3, -0.25) is 4.79 Å². The lowest BCUT2D eigenvalue weighted by Crippen LogP contribution is -2.47. The molecule has 2 heterocycles. The van der Waals surface area contributed by atoms with Crippen LogP contribution >= 0.6 is 0 Å². The van der Waals surface area contributed by atoms with Crippen LogP contribution in [0.15, 0.2) is 0 Å². The van der Waals surface area contributed by atoms with Crippen LogP contribution in [0, 0.1) is 11.8 Å². The van der Waals surface area contributed by atoms with E-state index < -0.39 is 10.0 Å². The Morgan fingerprint density at radius 3 is 2.74 bits per heavy atom. The first kappa shape index (κ1) is 13.3. The second-order valence-electron chi connectivity index (χ2n) is 5.91. The van der Waals surface area contributed by atoms with Gasteiger partial charge in [-0.2, -0.15) is 4.31 Å². The highest BCUT2D eigenvalue weighted by Crippen LogP contribution is 2.33. The van der Waals surface area contributed by atoms with Crippen LogP contribution in [0.1, 0.15) is 19.3 Å². The van der Waals surface area contributed by atoms with E-state index in [0.717, 1.165) is 6.54 Å². The van der Waals surface area contributed by atoms with Crippen molar-refractivity contribution in [2.75, 3.05) is 25.9 Å². The minimum atomic E-state index is -3.19. The Hall–Kier alpha value is -0.660. The summed E-state index contributed by atoms with van der Waals surface area (Å²) in [4.78, 5) is 12.1. The third-order valence-corrected chi connectivity index (χ3v) is 5.43. The van der Waals surface area contributed by atoms with Crippen molar-refractivity contribution in [3.8, 4) is 0 Å². The van der Waals surface area contributed by atoms with Crippen LogP contribution in [-0.2, 0) is 19.6 Å². The van der Waals surface area contributed by atoms with Crippen molar-refractivity contribution in [1.82, 2.24) is 9.62 Å². The van der Waals surface area contributed by atoms with Crippen LogP contribution < -0.4 is 5.32 Å². The van der Waals surface area contributed by atoms with Gasteiger partial charge < -0.3 is 10.1 Å². The molecule has 3 fully saturated rings. The van der Waals surface area contributed by atoms with E-state index >= 15 is 0 Å². The third kappa shape index (κ3) is 2.93. The zero-order valence-electron chi connectivity index (χ0n) is 11.0. The first-order valence-corrected chi connectivity index (χ1v) is 8.66. The van der Waals surface area contributed by atoms with Crippen molar-refractivity contribution in [2.45, 2.75) is 31.5 Å². The van der Waals surface area contributed by atoms with E-state index in [1.807, 2.05) is 0 Å². The summed E-state index contributed by atoms with van der Waals surface area (Å²) >= 11 is 0. The normalized spacial score (nSPS) is 35.3. The molecule has 19 heavy (non-hydrogen) atoms. The van der Waals surface area contributed by atoms with Crippen LogP contribution in [-0.4, -0.2) is 56.7 Å². The monoisotopic (exact) mass is 288 g/mol. The number of fused-ring (bicyclic) bond motifs is 2. The summed E-state index contributed by atoms with van der Waals surface area (Å²) in [6, 6.07) is 0. The minimum absolute atomic E-state index is 0.0229. The smallest absolute Gasteiger partial charge is 0.225 e. The Kier molecular flexibility index (Phi) is 3.31. The van der Waals surface area contributed by atoms with Crippen molar-refractivity contribution in [3.63, 3.8) is 0 Å². The van der Waals surface area contributed by atoms with Crippen molar-refractivity contribution in [3.05, 3.63) is 0 Å². The van der Waals surface area contributed by atoms with E-state index in [1.165, 1.54) is 23.4 Å². The highest BCUT2D eigenvalue weighted by Gasteiger charge is 2.46. The molecule has 0 unspecified atom stereocenters. The fraction of sp³-hybridized carbons (Fsp3) is 0.917. The average Bonchev–Trinajstić information content (AvgIpc) is 3.11. The number of ether oxygens (including phenoxy) is 1. The zero-order chi connectivity index (χ0) is 13.6.